The number of aromatic nitrogens is 5. The van der Waals surface area contributed by atoms with Crippen molar-refractivity contribution in [3.63, 3.8) is 0 Å². The number of amides is 1. The normalized spacial score (nSPS) is 20.1. The summed E-state index contributed by atoms with van der Waals surface area (Å²) < 4.78 is 37.4. The Balaban J connectivity index is 1.47. The van der Waals surface area contributed by atoms with Crippen LogP contribution in [0.25, 0.3) is 5.82 Å². The molecule has 1 aliphatic heterocycles. The van der Waals surface area contributed by atoms with Crippen LogP contribution in [0.5, 0.6) is 5.88 Å². The maximum absolute atomic E-state index is 13.5. The van der Waals surface area contributed by atoms with Crippen molar-refractivity contribution in [1.29, 1.82) is 0 Å². The molecule has 12 heteroatoms. The number of hydrogen-bond acceptors (Lipinski definition) is 8. The molecule has 2 fully saturated rings. The van der Waals surface area contributed by atoms with Crippen LogP contribution in [0.15, 0.2) is 35.5 Å². The summed E-state index contributed by atoms with van der Waals surface area (Å²) >= 11 is 0. The predicted octanol–water partition coefficient (Wildman–Crippen LogP) is 3.62. The van der Waals surface area contributed by atoms with Crippen LogP contribution in [0.1, 0.15) is 69.4 Å². The number of carbonyl (C=O) groups is 1. The lowest BCUT2D eigenvalue weighted by atomic mass is 9.71. The molecule has 11 nitrogen and oxygen atoms in total. The molecular weight excluding hydrogens is 518 g/mol. The van der Waals surface area contributed by atoms with Gasteiger partial charge in [0.1, 0.15) is 10.7 Å². The van der Waals surface area contributed by atoms with Crippen molar-refractivity contribution in [2.24, 2.45) is 18.4 Å². The Morgan fingerprint density at radius 2 is 1.95 bits per heavy atom. The molecule has 1 N–H and O–H groups in total. The second kappa shape index (κ2) is 9.65. The van der Waals surface area contributed by atoms with E-state index in [2.05, 4.69) is 47.5 Å². The van der Waals surface area contributed by atoms with Crippen LogP contribution in [0.4, 0.5) is 5.82 Å². The Kier molecular flexibility index (Phi) is 6.72. The van der Waals surface area contributed by atoms with Crippen LogP contribution in [-0.4, -0.2) is 57.6 Å². The van der Waals surface area contributed by atoms with Gasteiger partial charge in [0.25, 0.3) is 15.9 Å². The summed E-state index contributed by atoms with van der Waals surface area (Å²) in [7, 11) is -2.49. The van der Waals surface area contributed by atoms with Crippen molar-refractivity contribution in [2.45, 2.75) is 70.7 Å². The number of sulfonamides is 1. The lowest BCUT2D eigenvalue weighted by Gasteiger charge is -2.37. The van der Waals surface area contributed by atoms with E-state index >= 15 is 0 Å². The average Bonchev–Trinajstić information content (AvgIpc) is 3.53. The third kappa shape index (κ3) is 5.26. The van der Waals surface area contributed by atoms with Gasteiger partial charge in [0.15, 0.2) is 5.82 Å². The van der Waals surface area contributed by atoms with Gasteiger partial charge in [-0.05, 0) is 58.1 Å². The summed E-state index contributed by atoms with van der Waals surface area (Å²) in [5.74, 6) is 1.06. The van der Waals surface area contributed by atoms with Crippen LogP contribution in [0.3, 0.4) is 0 Å². The zero-order chi connectivity index (χ0) is 28.2. The number of hydrogen-bond donors (Lipinski definition) is 1. The van der Waals surface area contributed by atoms with E-state index in [4.69, 9.17) is 9.72 Å². The predicted molar refractivity (Wildman–Crippen MR) is 147 cm³/mol. The van der Waals surface area contributed by atoms with Gasteiger partial charge in [-0.3, -0.25) is 9.48 Å². The van der Waals surface area contributed by atoms with Crippen molar-refractivity contribution in [2.75, 3.05) is 18.1 Å². The molecule has 210 valence electrons. The highest BCUT2D eigenvalue weighted by molar-refractivity contribution is 7.90. The van der Waals surface area contributed by atoms with Gasteiger partial charge in [-0.1, -0.05) is 20.3 Å². The number of pyridine rings is 1. The van der Waals surface area contributed by atoms with Crippen LogP contribution in [-0.2, 0) is 17.1 Å². The number of nitrogens with zero attached hydrogens (tertiary/aromatic N) is 6. The van der Waals surface area contributed by atoms with Gasteiger partial charge >= 0.3 is 0 Å². The molecule has 5 rings (SSSR count). The van der Waals surface area contributed by atoms with Crippen molar-refractivity contribution in [1.82, 2.24) is 29.3 Å². The molecule has 3 aromatic heterocycles. The summed E-state index contributed by atoms with van der Waals surface area (Å²) in [6.07, 6.45) is 7.46. The molecule has 1 aliphatic carbocycles. The molecule has 0 radical (unpaired) electrons. The van der Waals surface area contributed by atoms with Gasteiger partial charge in [0.2, 0.25) is 5.88 Å². The highest BCUT2D eigenvalue weighted by Gasteiger charge is 2.39. The summed E-state index contributed by atoms with van der Waals surface area (Å²) in [6, 6.07) is 5.07. The number of anilines is 1. The third-order valence-corrected chi connectivity index (χ3v) is 9.50. The quantitative estimate of drug-likeness (QED) is 0.447. The summed E-state index contributed by atoms with van der Waals surface area (Å²) in [4.78, 5) is 20.3. The van der Waals surface area contributed by atoms with E-state index < -0.39 is 15.9 Å². The lowest BCUT2D eigenvalue weighted by Crippen LogP contribution is -2.41. The molecule has 1 saturated heterocycles. The van der Waals surface area contributed by atoms with Gasteiger partial charge in [0, 0.05) is 36.8 Å². The third-order valence-electron chi connectivity index (χ3n) is 8.07. The molecule has 0 bridgehead atoms. The molecule has 1 saturated carbocycles. The van der Waals surface area contributed by atoms with E-state index in [0.29, 0.717) is 42.3 Å². The second-order valence-corrected chi connectivity index (χ2v) is 13.6. The van der Waals surface area contributed by atoms with Gasteiger partial charge in [-0.25, -0.2) is 22.8 Å². The molecule has 0 spiro atoms. The molecular formula is C27H37N7O4S. The topological polar surface area (TPSA) is 124 Å². The van der Waals surface area contributed by atoms with Crippen LogP contribution < -0.4 is 14.4 Å². The second-order valence-electron chi connectivity index (χ2n) is 12.0. The maximum atomic E-state index is 13.5. The fourth-order valence-electron chi connectivity index (χ4n) is 5.57. The van der Waals surface area contributed by atoms with E-state index in [1.165, 1.54) is 17.3 Å². The average molecular weight is 556 g/mol. The van der Waals surface area contributed by atoms with E-state index in [-0.39, 0.29) is 21.4 Å². The van der Waals surface area contributed by atoms with E-state index in [0.717, 1.165) is 19.3 Å². The first-order valence-electron chi connectivity index (χ1n) is 13.3. The number of nitrogens with one attached hydrogen (secondary N) is 1. The van der Waals surface area contributed by atoms with Crippen molar-refractivity contribution in [3.05, 3.63) is 41.9 Å². The van der Waals surface area contributed by atoms with E-state index in [1.54, 1.807) is 43.0 Å². The number of carbonyl (C=O) groups excluding carboxylic acids is 1. The van der Waals surface area contributed by atoms with Crippen LogP contribution in [0.2, 0.25) is 0 Å². The molecule has 39 heavy (non-hydrogen) atoms. The van der Waals surface area contributed by atoms with Gasteiger partial charge in [-0.15, -0.1) is 5.10 Å². The van der Waals surface area contributed by atoms with Crippen molar-refractivity contribution in [3.8, 4) is 11.7 Å². The fraction of sp³-hybridized carbons (Fsp3) is 0.556. The molecule has 1 atom stereocenters. The lowest BCUT2D eigenvalue weighted by molar-refractivity contribution is 0.0747. The van der Waals surface area contributed by atoms with Crippen molar-refractivity contribution < 1.29 is 17.9 Å². The highest BCUT2D eigenvalue weighted by atomic mass is 32.2. The Morgan fingerprint density at radius 1 is 1.21 bits per heavy atom. The monoisotopic (exact) mass is 555 g/mol. The van der Waals surface area contributed by atoms with Gasteiger partial charge in [-0.2, -0.15) is 5.10 Å². The molecule has 3 aromatic rings. The zero-order valence-electron chi connectivity index (χ0n) is 23.4. The Morgan fingerprint density at radius 3 is 2.54 bits per heavy atom. The molecule has 4 heterocycles. The highest BCUT2D eigenvalue weighted by Crippen LogP contribution is 2.40. The Hall–Kier alpha value is -3.41. The molecule has 0 unspecified atom stereocenters. The minimum Gasteiger partial charge on any atom is -0.476 e. The van der Waals surface area contributed by atoms with E-state index in [1.807, 2.05) is 0 Å². The van der Waals surface area contributed by atoms with Crippen LogP contribution in [0, 0.1) is 18.3 Å². The number of ether oxygens (including phenoxy) is 1. The minimum absolute atomic E-state index is 0.0422. The number of rotatable bonds is 8. The molecule has 1 amide bonds. The Labute approximate surface area is 229 Å². The molecule has 0 aromatic carbocycles. The van der Waals surface area contributed by atoms with Gasteiger partial charge < -0.3 is 9.64 Å². The largest absolute Gasteiger partial charge is 0.476 e. The summed E-state index contributed by atoms with van der Waals surface area (Å²) in [5, 5.41) is 8.55. The smallest absolute Gasteiger partial charge is 0.268 e. The zero-order valence-corrected chi connectivity index (χ0v) is 24.2. The fourth-order valence-corrected chi connectivity index (χ4v) is 6.74. The summed E-state index contributed by atoms with van der Waals surface area (Å²) in [5.41, 5.74) is 0.529. The first-order chi connectivity index (χ1) is 18.3. The SMILES string of the molecule is Cc1c(S(=O)(=O)NC(=O)c2ccc(-n3ccc(OCC4(C)CCC4)n3)nc2N2C[C@@H](C)CC2(C)C)cnn1C. The summed E-state index contributed by atoms with van der Waals surface area (Å²) in [6.45, 7) is 11.5. The molecule has 2 aliphatic rings. The number of aryl methyl sites for hydroxylation is 1. The van der Waals surface area contributed by atoms with E-state index in [9.17, 15) is 13.2 Å². The Bertz CT molecular complexity index is 1500. The van der Waals surface area contributed by atoms with Crippen LogP contribution >= 0.6 is 0 Å². The maximum Gasteiger partial charge on any atom is 0.268 e. The van der Waals surface area contributed by atoms with Crippen molar-refractivity contribution >= 4 is 21.7 Å². The van der Waals surface area contributed by atoms with Gasteiger partial charge in [0.05, 0.1) is 24.1 Å². The first kappa shape index (κ1) is 27.2. The first-order valence-corrected chi connectivity index (χ1v) is 14.8. The standard InChI is InChI=1S/C27H37N7O4S/c1-18-14-26(3,4)33(16-18)24-20(25(35)31-39(36,37)21-15-28-32(6)19(21)2)8-9-22(29-24)34-13-10-23(30-34)38-17-27(5)11-7-12-27/h8-10,13,15,18H,7,11-12,14,16-17H2,1-6H3,(H,31,35)/t18-/m0/s1. The minimum atomic E-state index is -4.14.